The number of carbonyl (C=O) groups excluding carboxylic acids is 2. The Morgan fingerprint density at radius 1 is 0.839 bits per heavy atom. The van der Waals surface area contributed by atoms with Gasteiger partial charge in [0.15, 0.2) is 0 Å². The number of halogens is 1. The molecule has 5 heteroatoms. The molecule has 31 heavy (non-hydrogen) atoms. The molecule has 5 saturated carbocycles. The van der Waals surface area contributed by atoms with Crippen LogP contribution in [0.1, 0.15) is 63.4 Å². The minimum atomic E-state index is -0.561. The summed E-state index contributed by atoms with van der Waals surface area (Å²) in [6.45, 7) is 2.50. The summed E-state index contributed by atoms with van der Waals surface area (Å²) in [5, 5.41) is 0. The van der Waals surface area contributed by atoms with Crippen LogP contribution in [0.5, 0.6) is 0 Å². The van der Waals surface area contributed by atoms with Gasteiger partial charge in [0.2, 0.25) is 11.8 Å². The predicted octanol–water partition coefficient (Wildman–Crippen LogP) is 4.13. The number of rotatable bonds is 3. The molecule has 1 saturated heterocycles. The van der Waals surface area contributed by atoms with Crippen LogP contribution < -0.4 is 0 Å². The molecule has 166 valence electrons. The number of hydrogen-bond acceptors (Lipinski definition) is 2. The number of nitrogens with zero attached hydrogens (tertiary/aromatic N) is 2. The van der Waals surface area contributed by atoms with Crippen LogP contribution in [0, 0.1) is 29.0 Å². The highest BCUT2D eigenvalue weighted by Crippen LogP contribution is 2.60. The predicted molar refractivity (Wildman–Crippen MR) is 116 cm³/mol. The Morgan fingerprint density at radius 2 is 1.39 bits per heavy atom. The number of benzene rings is 1. The summed E-state index contributed by atoms with van der Waals surface area (Å²) >= 11 is 0. The number of piperazine rings is 1. The molecule has 4 nitrogen and oxygen atoms in total. The van der Waals surface area contributed by atoms with Crippen molar-refractivity contribution >= 4 is 11.8 Å². The van der Waals surface area contributed by atoms with E-state index in [9.17, 15) is 14.0 Å². The molecule has 6 fully saturated rings. The summed E-state index contributed by atoms with van der Waals surface area (Å²) in [6, 6.07) is 6.58. The van der Waals surface area contributed by atoms with E-state index in [0.29, 0.717) is 32.1 Å². The number of carbonyl (C=O) groups is 2. The van der Waals surface area contributed by atoms with Crippen LogP contribution in [-0.2, 0) is 15.0 Å². The van der Waals surface area contributed by atoms with E-state index in [1.807, 2.05) is 11.0 Å². The third-order valence-corrected chi connectivity index (χ3v) is 9.34. The zero-order valence-corrected chi connectivity index (χ0v) is 18.3. The first-order valence-corrected chi connectivity index (χ1v) is 12.3. The number of hydrogen-bond donors (Lipinski definition) is 0. The van der Waals surface area contributed by atoms with E-state index < -0.39 is 5.41 Å². The lowest BCUT2D eigenvalue weighted by Gasteiger charge is -2.57. The highest BCUT2D eigenvalue weighted by molar-refractivity contribution is 5.90. The number of amides is 2. The van der Waals surface area contributed by atoms with Crippen molar-refractivity contribution in [2.24, 2.45) is 23.2 Å². The molecule has 7 rings (SSSR count). The van der Waals surface area contributed by atoms with Gasteiger partial charge in [-0.1, -0.05) is 18.6 Å². The molecule has 0 spiro atoms. The third kappa shape index (κ3) is 3.06. The smallest absolute Gasteiger partial charge is 0.233 e. The van der Waals surface area contributed by atoms with E-state index in [-0.39, 0.29) is 17.1 Å². The molecule has 1 aromatic rings. The van der Waals surface area contributed by atoms with Gasteiger partial charge in [0.1, 0.15) is 5.82 Å². The van der Waals surface area contributed by atoms with Crippen molar-refractivity contribution in [2.75, 3.05) is 26.2 Å². The van der Waals surface area contributed by atoms with Crippen LogP contribution in [0.3, 0.4) is 0 Å². The van der Waals surface area contributed by atoms with Gasteiger partial charge in [-0.2, -0.15) is 0 Å². The Kier molecular flexibility index (Phi) is 4.49. The lowest BCUT2D eigenvalue weighted by molar-refractivity contribution is -0.161. The molecule has 1 aliphatic heterocycles. The highest BCUT2D eigenvalue weighted by Gasteiger charge is 2.56. The zero-order chi connectivity index (χ0) is 21.2. The minimum Gasteiger partial charge on any atom is -0.339 e. The lowest BCUT2D eigenvalue weighted by atomic mass is 9.49. The van der Waals surface area contributed by atoms with Gasteiger partial charge in [0.25, 0.3) is 0 Å². The Balaban J connectivity index is 1.14. The molecule has 0 unspecified atom stereocenters. The second kappa shape index (κ2) is 7.05. The molecule has 5 aliphatic carbocycles. The average Bonchev–Trinajstić information content (AvgIpc) is 2.72. The molecule has 1 aromatic carbocycles. The van der Waals surface area contributed by atoms with E-state index in [4.69, 9.17) is 0 Å². The molecule has 6 aliphatic rings. The minimum absolute atomic E-state index is 0.0995. The van der Waals surface area contributed by atoms with Gasteiger partial charge in [-0.05, 0) is 86.8 Å². The standard InChI is InChI=1S/C26H33FN2O2/c27-22-4-1-3-21(14-22)26(5-2-6-26)24(31)29-9-7-28(8-10-29)23(30)25-15-18-11-19(16-25)13-20(12-18)17-25/h1,3-4,14,18-20H,2,5-13,15-17H2. The van der Waals surface area contributed by atoms with Gasteiger partial charge in [-0.3, -0.25) is 9.59 Å². The Morgan fingerprint density at radius 3 is 1.87 bits per heavy atom. The van der Waals surface area contributed by atoms with E-state index >= 15 is 0 Å². The normalized spacial score (nSPS) is 35.7. The fourth-order valence-electron chi connectivity index (χ4n) is 8.07. The topological polar surface area (TPSA) is 40.6 Å². The van der Waals surface area contributed by atoms with Crippen molar-refractivity contribution < 1.29 is 14.0 Å². The van der Waals surface area contributed by atoms with Gasteiger partial charge in [-0.15, -0.1) is 0 Å². The van der Waals surface area contributed by atoms with Crippen LogP contribution in [0.25, 0.3) is 0 Å². The molecule has 0 radical (unpaired) electrons. The molecule has 0 atom stereocenters. The van der Waals surface area contributed by atoms with E-state index in [1.54, 1.807) is 6.07 Å². The quantitative estimate of drug-likeness (QED) is 0.732. The van der Waals surface area contributed by atoms with Crippen LogP contribution >= 0.6 is 0 Å². The second-order valence-corrected chi connectivity index (χ2v) is 11.2. The molecule has 4 bridgehead atoms. The van der Waals surface area contributed by atoms with Crippen LogP contribution in [0.15, 0.2) is 24.3 Å². The maximum Gasteiger partial charge on any atom is 0.233 e. The maximum absolute atomic E-state index is 13.8. The third-order valence-electron chi connectivity index (χ3n) is 9.34. The zero-order valence-electron chi connectivity index (χ0n) is 18.3. The van der Waals surface area contributed by atoms with Gasteiger partial charge < -0.3 is 9.80 Å². The lowest BCUT2D eigenvalue weighted by Crippen LogP contribution is -2.60. The SMILES string of the molecule is O=C(N1CCN(C(=O)C2(c3cccc(F)c3)CCC2)CC1)C12CC3CC(CC(C3)C1)C2. The molecule has 2 amide bonds. The summed E-state index contributed by atoms with van der Waals surface area (Å²) < 4.78 is 13.8. The summed E-state index contributed by atoms with van der Waals surface area (Å²) in [6.07, 6.45) is 9.92. The summed E-state index contributed by atoms with van der Waals surface area (Å²) in [5.74, 6) is 2.53. The van der Waals surface area contributed by atoms with E-state index in [1.165, 1.54) is 31.4 Å². The first-order chi connectivity index (χ1) is 15.0. The summed E-state index contributed by atoms with van der Waals surface area (Å²) in [5.41, 5.74) is 0.155. The van der Waals surface area contributed by atoms with Gasteiger partial charge >= 0.3 is 0 Å². The largest absolute Gasteiger partial charge is 0.339 e. The first kappa shape index (κ1) is 19.8. The molecular weight excluding hydrogens is 391 g/mol. The van der Waals surface area contributed by atoms with Gasteiger partial charge in [0.05, 0.1) is 10.8 Å². The molecule has 0 aromatic heterocycles. The first-order valence-electron chi connectivity index (χ1n) is 12.3. The van der Waals surface area contributed by atoms with Crippen molar-refractivity contribution in [2.45, 2.75) is 63.2 Å². The molecule has 0 N–H and O–H groups in total. The Hall–Kier alpha value is -1.91. The van der Waals surface area contributed by atoms with E-state index in [0.717, 1.165) is 61.8 Å². The van der Waals surface area contributed by atoms with Crippen molar-refractivity contribution in [3.05, 3.63) is 35.6 Å². The molecule has 1 heterocycles. The van der Waals surface area contributed by atoms with E-state index in [2.05, 4.69) is 4.90 Å². The maximum atomic E-state index is 13.8. The van der Waals surface area contributed by atoms with Crippen molar-refractivity contribution in [3.8, 4) is 0 Å². The fraction of sp³-hybridized carbons (Fsp3) is 0.692. The Labute approximate surface area is 184 Å². The Bertz CT molecular complexity index is 865. The second-order valence-electron chi connectivity index (χ2n) is 11.2. The fourth-order valence-corrected chi connectivity index (χ4v) is 8.07. The van der Waals surface area contributed by atoms with Crippen molar-refractivity contribution in [1.82, 2.24) is 9.80 Å². The summed E-state index contributed by atoms with van der Waals surface area (Å²) in [4.78, 5) is 31.1. The van der Waals surface area contributed by atoms with Crippen molar-refractivity contribution in [1.29, 1.82) is 0 Å². The van der Waals surface area contributed by atoms with Gasteiger partial charge in [0, 0.05) is 26.2 Å². The van der Waals surface area contributed by atoms with Gasteiger partial charge in [-0.25, -0.2) is 4.39 Å². The molecular formula is C26H33FN2O2. The highest BCUT2D eigenvalue weighted by atomic mass is 19.1. The summed E-state index contributed by atoms with van der Waals surface area (Å²) in [7, 11) is 0. The van der Waals surface area contributed by atoms with Crippen LogP contribution in [0.4, 0.5) is 4.39 Å². The van der Waals surface area contributed by atoms with Crippen molar-refractivity contribution in [3.63, 3.8) is 0 Å². The monoisotopic (exact) mass is 424 g/mol. The van der Waals surface area contributed by atoms with Crippen LogP contribution in [0.2, 0.25) is 0 Å². The average molecular weight is 425 g/mol. The van der Waals surface area contributed by atoms with Crippen LogP contribution in [-0.4, -0.2) is 47.8 Å².